The Balaban J connectivity index is 1.58. The van der Waals surface area contributed by atoms with Gasteiger partial charge in [0.05, 0.1) is 47.3 Å². The molecule has 0 atom stereocenters. The van der Waals surface area contributed by atoms with Gasteiger partial charge in [-0.05, 0) is 26.8 Å². The van der Waals surface area contributed by atoms with Crippen molar-refractivity contribution in [3.05, 3.63) is 52.7 Å². The zero-order valence-electron chi connectivity index (χ0n) is 18.8. The second-order valence-electron chi connectivity index (χ2n) is 8.10. The number of fused-ring (bicyclic) bond motifs is 1. The molecule has 3 aromatic rings. The number of rotatable bonds is 2. The Bertz CT molecular complexity index is 1420. The number of nitrogens with zero attached hydrogens (tertiary/aromatic N) is 5. The highest BCUT2D eigenvalue weighted by atomic mass is 16.5. The Kier molecular flexibility index (Phi) is 5.91. The average molecular weight is 458 g/mol. The van der Waals surface area contributed by atoms with Crippen molar-refractivity contribution >= 4 is 34.7 Å². The smallest absolute Gasteiger partial charge is 0.296 e. The number of amidine groups is 1. The molecule has 1 aliphatic heterocycles. The molecule has 4 heterocycles. The molecule has 5 N–H and O–H groups in total. The first kappa shape index (κ1) is 22.8. The fraction of sp³-hybridized carbons (Fsp3) is 0.261. The number of ether oxygens (including phenoxy) is 2. The number of anilines is 1. The third-order valence-electron chi connectivity index (χ3n) is 5.28. The van der Waals surface area contributed by atoms with Gasteiger partial charge in [-0.2, -0.15) is 4.99 Å². The van der Waals surface area contributed by atoms with Crippen LogP contribution in [-0.2, 0) is 9.47 Å². The average Bonchev–Trinajstić information content (AvgIpc) is 2.78. The molecule has 0 unspecified atom stereocenters. The summed E-state index contributed by atoms with van der Waals surface area (Å²) in [6.07, 6.45) is 4.39. The molecule has 1 amide bonds. The number of amides is 1. The van der Waals surface area contributed by atoms with E-state index in [2.05, 4.69) is 36.8 Å². The lowest BCUT2D eigenvalue weighted by Crippen LogP contribution is -2.48. The lowest BCUT2D eigenvalue weighted by molar-refractivity contribution is -0.0665. The minimum atomic E-state index is -0.681. The van der Waals surface area contributed by atoms with E-state index in [1.54, 1.807) is 13.1 Å². The molecule has 0 spiro atoms. The van der Waals surface area contributed by atoms with E-state index in [9.17, 15) is 4.79 Å². The predicted octanol–water partition coefficient (Wildman–Crippen LogP) is 1.50. The number of aryl methyl sites for hydroxylation is 2. The van der Waals surface area contributed by atoms with Gasteiger partial charge in [-0.25, -0.2) is 15.0 Å². The summed E-state index contributed by atoms with van der Waals surface area (Å²) in [7, 11) is 0. The number of carbonyl (C=O) groups excluding carboxylic acids is 1. The van der Waals surface area contributed by atoms with Gasteiger partial charge in [-0.3, -0.25) is 15.2 Å². The maximum absolute atomic E-state index is 12.5. The Hall–Kier alpha value is -4.43. The van der Waals surface area contributed by atoms with Crippen LogP contribution in [0.5, 0.6) is 0 Å². The highest BCUT2D eigenvalue weighted by molar-refractivity contribution is 6.03. The van der Waals surface area contributed by atoms with Gasteiger partial charge in [-0.15, -0.1) is 0 Å². The third-order valence-corrected chi connectivity index (χ3v) is 5.28. The van der Waals surface area contributed by atoms with Gasteiger partial charge >= 0.3 is 0 Å². The van der Waals surface area contributed by atoms with Crippen LogP contribution in [0.3, 0.4) is 0 Å². The fourth-order valence-corrected chi connectivity index (χ4v) is 3.05. The maximum Gasteiger partial charge on any atom is 0.296 e. The van der Waals surface area contributed by atoms with Crippen LogP contribution in [0.25, 0.3) is 11.0 Å². The van der Waals surface area contributed by atoms with E-state index in [1.165, 1.54) is 18.5 Å². The van der Waals surface area contributed by atoms with E-state index in [0.717, 1.165) is 11.4 Å². The van der Waals surface area contributed by atoms with Gasteiger partial charge in [0.15, 0.2) is 0 Å². The molecule has 34 heavy (non-hydrogen) atoms. The minimum absolute atomic E-state index is 0.111. The topological polar surface area (TPSA) is 175 Å². The highest BCUT2D eigenvalue weighted by Gasteiger charge is 2.40. The first-order chi connectivity index (χ1) is 16.2. The van der Waals surface area contributed by atoms with E-state index in [1.807, 2.05) is 13.8 Å². The van der Waals surface area contributed by atoms with Gasteiger partial charge in [0.25, 0.3) is 11.9 Å². The van der Waals surface area contributed by atoms with E-state index in [4.69, 9.17) is 26.4 Å². The van der Waals surface area contributed by atoms with Crippen molar-refractivity contribution in [2.75, 3.05) is 18.9 Å². The van der Waals surface area contributed by atoms with E-state index < -0.39 is 17.3 Å². The maximum atomic E-state index is 12.5. The van der Waals surface area contributed by atoms with Crippen molar-refractivity contribution < 1.29 is 14.3 Å². The number of nitrogen functional groups attached to an aromatic ring is 1. The monoisotopic (exact) mass is 458 g/mol. The van der Waals surface area contributed by atoms with Crippen LogP contribution in [0, 0.1) is 36.5 Å². The number of nitrogens with two attached hydrogens (primary N) is 2. The van der Waals surface area contributed by atoms with Gasteiger partial charge < -0.3 is 20.9 Å². The highest BCUT2D eigenvalue weighted by Crippen LogP contribution is 2.28. The Morgan fingerprint density at radius 2 is 1.94 bits per heavy atom. The van der Waals surface area contributed by atoms with Crippen LogP contribution in [-0.4, -0.2) is 51.0 Å². The molecule has 0 bridgehead atoms. The summed E-state index contributed by atoms with van der Waals surface area (Å²) >= 11 is 0. The molecule has 4 rings (SSSR count). The molecular weight excluding hydrogens is 436 g/mol. The number of hydrogen-bond acceptors (Lipinski definition) is 9. The van der Waals surface area contributed by atoms with Crippen molar-refractivity contribution in [1.82, 2.24) is 19.9 Å². The number of aromatic nitrogens is 4. The predicted molar refractivity (Wildman–Crippen MR) is 125 cm³/mol. The molecule has 1 saturated heterocycles. The van der Waals surface area contributed by atoms with Gasteiger partial charge in [0.1, 0.15) is 16.9 Å². The summed E-state index contributed by atoms with van der Waals surface area (Å²) < 4.78 is 10.3. The molecule has 1 fully saturated rings. The number of carbonyl (C=O) groups is 1. The standard InChI is InChI=1S/C23H22N8O3/c1-12-13(2)30-18-16(19(24)28-9-17(18)29-12)5-4-14-6-15(8-27-7-14)20(32)31-22(26)34-21(25)23(3)10-33-11-23/h6-9,25H,10-11H2,1-3H3,(H2,24,28)(H2,26,31,32). The van der Waals surface area contributed by atoms with Crippen molar-refractivity contribution in [2.24, 2.45) is 16.1 Å². The molecule has 11 nitrogen and oxygen atoms in total. The molecule has 0 aromatic carbocycles. The quantitative estimate of drug-likeness (QED) is 0.292. The van der Waals surface area contributed by atoms with Crippen LogP contribution in [0.4, 0.5) is 5.82 Å². The van der Waals surface area contributed by atoms with Gasteiger partial charge in [-0.1, -0.05) is 11.8 Å². The number of hydrogen-bond donors (Lipinski definition) is 3. The van der Waals surface area contributed by atoms with Crippen molar-refractivity contribution in [2.45, 2.75) is 20.8 Å². The van der Waals surface area contributed by atoms with Crippen LogP contribution in [0.15, 0.2) is 29.6 Å². The lowest BCUT2D eigenvalue weighted by Gasteiger charge is -2.36. The number of aliphatic imine (C=N–C) groups is 1. The number of pyridine rings is 2. The van der Waals surface area contributed by atoms with E-state index >= 15 is 0 Å². The first-order valence-electron chi connectivity index (χ1n) is 10.3. The summed E-state index contributed by atoms with van der Waals surface area (Å²) in [5.41, 5.74) is 14.9. The lowest BCUT2D eigenvalue weighted by atomic mass is 9.88. The molecule has 1 aliphatic rings. The first-order valence-corrected chi connectivity index (χ1v) is 10.3. The summed E-state index contributed by atoms with van der Waals surface area (Å²) in [5.74, 6) is 5.33. The summed E-state index contributed by atoms with van der Waals surface area (Å²) in [5, 5.41) is 7.96. The van der Waals surface area contributed by atoms with Gasteiger partial charge in [0.2, 0.25) is 5.90 Å². The van der Waals surface area contributed by atoms with Crippen molar-refractivity contribution in [3.63, 3.8) is 0 Å². The zero-order valence-corrected chi connectivity index (χ0v) is 18.8. The normalized spacial score (nSPS) is 14.6. The minimum Gasteiger partial charge on any atom is -0.411 e. The molecule has 0 aliphatic carbocycles. The van der Waals surface area contributed by atoms with Crippen LogP contribution >= 0.6 is 0 Å². The summed E-state index contributed by atoms with van der Waals surface area (Å²) in [4.78, 5) is 33.5. The van der Waals surface area contributed by atoms with E-state index in [-0.39, 0.29) is 17.3 Å². The summed E-state index contributed by atoms with van der Waals surface area (Å²) in [6.45, 7) is 6.21. The SMILES string of the molecule is Cc1nc2cnc(N)c(C#Cc3cncc(C(=O)N=C(N)OC(=N)C4(C)COC4)c3)c2nc1C. The second kappa shape index (κ2) is 8.84. The molecular formula is C23H22N8O3. The molecule has 3 aromatic heterocycles. The number of nitrogens with one attached hydrogen (secondary N) is 1. The summed E-state index contributed by atoms with van der Waals surface area (Å²) in [6, 6.07) is 1.08. The van der Waals surface area contributed by atoms with Crippen molar-refractivity contribution in [3.8, 4) is 11.8 Å². The molecule has 11 heteroatoms. The van der Waals surface area contributed by atoms with Crippen LogP contribution in [0.1, 0.15) is 39.8 Å². The Morgan fingerprint density at radius 1 is 1.21 bits per heavy atom. The van der Waals surface area contributed by atoms with Crippen molar-refractivity contribution in [1.29, 1.82) is 5.41 Å². The molecule has 172 valence electrons. The largest absolute Gasteiger partial charge is 0.411 e. The van der Waals surface area contributed by atoms with Gasteiger partial charge in [0, 0.05) is 18.0 Å². The third kappa shape index (κ3) is 4.53. The van der Waals surface area contributed by atoms with E-state index in [0.29, 0.717) is 35.4 Å². The fourth-order valence-electron chi connectivity index (χ4n) is 3.05. The Morgan fingerprint density at radius 3 is 2.65 bits per heavy atom. The molecule has 0 radical (unpaired) electrons. The zero-order chi connectivity index (χ0) is 24.5. The Labute approximate surface area is 195 Å². The second-order valence-corrected chi connectivity index (χ2v) is 8.10. The molecule has 0 saturated carbocycles. The van der Waals surface area contributed by atoms with Crippen LogP contribution in [0.2, 0.25) is 0 Å². The van der Waals surface area contributed by atoms with Crippen LogP contribution < -0.4 is 11.5 Å².